The lowest BCUT2D eigenvalue weighted by atomic mass is 10.2. The zero-order valence-corrected chi connectivity index (χ0v) is 11.1. The van der Waals surface area contributed by atoms with E-state index >= 15 is 0 Å². The van der Waals surface area contributed by atoms with Gasteiger partial charge in [-0.05, 0) is 24.3 Å². The molecule has 0 saturated carbocycles. The van der Waals surface area contributed by atoms with E-state index in [-0.39, 0.29) is 12.5 Å². The van der Waals surface area contributed by atoms with E-state index in [9.17, 15) is 4.79 Å². The average molecular weight is 276 g/mol. The third-order valence-electron chi connectivity index (χ3n) is 2.57. The van der Waals surface area contributed by atoms with Gasteiger partial charge in [-0.25, -0.2) is 0 Å². The Morgan fingerprint density at radius 2 is 2.26 bits per heavy atom. The van der Waals surface area contributed by atoms with Gasteiger partial charge in [-0.15, -0.1) is 6.58 Å². The first-order valence-corrected chi connectivity index (χ1v) is 6.25. The number of carbonyl (C=O) groups excluding carboxylic acids is 1. The van der Waals surface area contributed by atoms with Crippen molar-refractivity contribution in [2.24, 2.45) is 0 Å². The number of halogens is 1. The lowest BCUT2D eigenvalue weighted by Crippen LogP contribution is -2.28. The number of aromatic nitrogens is 1. The number of anilines is 1. The van der Waals surface area contributed by atoms with Gasteiger partial charge in [-0.1, -0.05) is 17.7 Å². The summed E-state index contributed by atoms with van der Waals surface area (Å²) in [6.45, 7) is 4.40. The van der Waals surface area contributed by atoms with Crippen LogP contribution in [-0.4, -0.2) is 24.0 Å². The Hall–Kier alpha value is -1.91. The summed E-state index contributed by atoms with van der Waals surface area (Å²) in [5.41, 5.74) is 1.39. The molecule has 1 aromatic heterocycles. The molecule has 2 N–H and O–H groups in total. The van der Waals surface area contributed by atoms with Crippen molar-refractivity contribution in [3.8, 4) is 0 Å². The maximum atomic E-state index is 11.8. The van der Waals surface area contributed by atoms with Crippen LogP contribution in [0.5, 0.6) is 0 Å². The summed E-state index contributed by atoms with van der Waals surface area (Å²) >= 11 is 6.07. The normalized spacial score (nSPS) is 10.4. The number of rotatable bonds is 5. The van der Waals surface area contributed by atoms with E-state index < -0.39 is 0 Å². The zero-order valence-electron chi connectivity index (χ0n) is 10.3. The maximum Gasteiger partial charge on any atom is 0.238 e. The molecular formula is C14H14ClN3O. The second kappa shape index (κ2) is 6.31. The molecule has 2 rings (SSSR count). The number of pyridine rings is 1. The number of nitrogens with one attached hydrogen (secondary N) is 2. The smallest absolute Gasteiger partial charge is 0.238 e. The van der Waals surface area contributed by atoms with Gasteiger partial charge in [0.05, 0.1) is 22.8 Å². The van der Waals surface area contributed by atoms with Gasteiger partial charge in [0.1, 0.15) is 0 Å². The maximum absolute atomic E-state index is 11.8. The van der Waals surface area contributed by atoms with Gasteiger partial charge < -0.3 is 10.6 Å². The van der Waals surface area contributed by atoms with Crippen LogP contribution in [0.1, 0.15) is 0 Å². The van der Waals surface area contributed by atoms with Crippen molar-refractivity contribution < 1.29 is 4.79 Å². The summed E-state index contributed by atoms with van der Waals surface area (Å²) in [6, 6.07) is 7.19. The second-order valence-electron chi connectivity index (χ2n) is 3.96. The molecule has 0 fully saturated rings. The molecule has 0 saturated heterocycles. The summed E-state index contributed by atoms with van der Waals surface area (Å²) in [5, 5.41) is 7.17. The van der Waals surface area contributed by atoms with E-state index in [1.165, 1.54) is 0 Å². The lowest BCUT2D eigenvalue weighted by molar-refractivity contribution is -0.115. The third-order valence-corrected chi connectivity index (χ3v) is 2.87. The molecule has 0 unspecified atom stereocenters. The van der Waals surface area contributed by atoms with Crippen molar-refractivity contribution in [2.75, 3.05) is 18.4 Å². The van der Waals surface area contributed by atoms with E-state index in [0.29, 0.717) is 22.8 Å². The van der Waals surface area contributed by atoms with Gasteiger partial charge in [-0.2, -0.15) is 0 Å². The van der Waals surface area contributed by atoms with Crippen LogP contribution in [-0.2, 0) is 4.79 Å². The fourth-order valence-corrected chi connectivity index (χ4v) is 1.94. The number of benzene rings is 1. The van der Waals surface area contributed by atoms with Gasteiger partial charge in [0.15, 0.2) is 0 Å². The van der Waals surface area contributed by atoms with Crippen LogP contribution >= 0.6 is 11.6 Å². The van der Waals surface area contributed by atoms with Crippen molar-refractivity contribution in [3.63, 3.8) is 0 Å². The van der Waals surface area contributed by atoms with Gasteiger partial charge in [0.2, 0.25) is 5.91 Å². The molecule has 98 valence electrons. The number of fused-ring (bicyclic) bond motifs is 1. The van der Waals surface area contributed by atoms with Crippen molar-refractivity contribution in [1.29, 1.82) is 0 Å². The van der Waals surface area contributed by atoms with Crippen LogP contribution in [0.4, 0.5) is 5.69 Å². The topological polar surface area (TPSA) is 54.0 Å². The van der Waals surface area contributed by atoms with Crippen LogP contribution in [0.25, 0.3) is 10.9 Å². The number of carbonyl (C=O) groups is 1. The zero-order chi connectivity index (χ0) is 13.7. The molecule has 1 amide bonds. The van der Waals surface area contributed by atoms with Crippen molar-refractivity contribution in [1.82, 2.24) is 10.3 Å². The number of amides is 1. The molecule has 1 aromatic carbocycles. The Labute approximate surface area is 116 Å². The van der Waals surface area contributed by atoms with Gasteiger partial charge in [0.25, 0.3) is 0 Å². The highest BCUT2D eigenvalue weighted by Gasteiger charge is 2.08. The van der Waals surface area contributed by atoms with Crippen LogP contribution in [0.3, 0.4) is 0 Å². The monoisotopic (exact) mass is 275 g/mol. The molecule has 19 heavy (non-hydrogen) atoms. The summed E-state index contributed by atoms with van der Waals surface area (Å²) in [4.78, 5) is 16.0. The predicted molar refractivity (Wildman–Crippen MR) is 78.4 cm³/mol. The third kappa shape index (κ3) is 3.30. The predicted octanol–water partition coefficient (Wildman–Crippen LogP) is 2.60. The summed E-state index contributed by atoms with van der Waals surface area (Å²) in [6.07, 6.45) is 3.38. The van der Waals surface area contributed by atoms with E-state index in [2.05, 4.69) is 22.2 Å². The molecule has 0 aliphatic carbocycles. The molecule has 2 aromatic rings. The van der Waals surface area contributed by atoms with Crippen molar-refractivity contribution in [2.45, 2.75) is 0 Å². The van der Waals surface area contributed by atoms with Gasteiger partial charge >= 0.3 is 0 Å². The van der Waals surface area contributed by atoms with E-state index in [4.69, 9.17) is 11.6 Å². The summed E-state index contributed by atoms with van der Waals surface area (Å²) in [5.74, 6) is -0.116. The first kappa shape index (κ1) is 13.5. The number of hydrogen-bond acceptors (Lipinski definition) is 3. The minimum Gasteiger partial charge on any atom is -0.324 e. The highest BCUT2D eigenvalue weighted by atomic mass is 35.5. The Kier molecular flexibility index (Phi) is 4.49. The molecule has 0 bridgehead atoms. The minimum absolute atomic E-state index is 0.116. The first-order chi connectivity index (χ1) is 9.22. The molecule has 0 aliphatic heterocycles. The fraction of sp³-hybridized carbons (Fsp3) is 0.143. The SMILES string of the molecule is C=CCNCC(=O)Nc1ccc(Cl)c2ncccc12. The largest absolute Gasteiger partial charge is 0.324 e. The minimum atomic E-state index is -0.116. The lowest BCUT2D eigenvalue weighted by Gasteiger charge is -2.09. The van der Waals surface area contributed by atoms with Gasteiger partial charge in [0, 0.05) is 18.1 Å². The van der Waals surface area contributed by atoms with Crippen LogP contribution in [0.15, 0.2) is 43.1 Å². The molecule has 4 nitrogen and oxygen atoms in total. The Morgan fingerprint density at radius 1 is 1.42 bits per heavy atom. The standard InChI is InChI=1S/C14H14ClN3O/c1-2-7-16-9-13(19)18-12-6-5-11(15)14-10(12)4-3-8-17-14/h2-6,8,16H,1,7,9H2,(H,18,19). The Bertz CT molecular complexity index is 613. The molecule has 0 radical (unpaired) electrons. The van der Waals surface area contributed by atoms with E-state index in [1.807, 2.05) is 12.1 Å². The summed E-state index contributed by atoms with van der Waals surface area (Å²) < 4.78 is 0. The summed E-state index contributed by atoms with van der Waals surface area (Å²) in [7, 11) is 0. The molecule has 5 heteroatoms. The highest BCUT2D eigenvalue weighted by molar-refractivity contribution is 6.35. The number of nitrogens with zero attached hydrogens (tertiary/aromatic N) is 1. The molecule has 0 aliphatic rings. The van der Waals surface area contributed by atoms with Crippen LogP contribution in [0, 0.1) is 0 Å². The molecule has 0 atom stereocenters. The molecule has 0 spiro atoms. The van der Waals surface area contributed by atoms with E-state index in [0.717, 1.165) is 5.39 Å². The number of hydrogen-bond donors (Lipinski definition) is 2. The van der Waals surface area contributed by atoms with Crippen LogP contribution < -0.4 is 10.6 Å². The van der Waals surface area contributed by atoms with Gasteiger partial charge in [-0.3, -0.25) is 9.78 Å². The second-order valence-corrected chi connectivity index (χ2v) is 4.37. The highest BCUT2D eigenvalue weighted by Crippen LogP contribution is 2.27. The van der Waals surface area contributed by atoms with E-state index in [1.54, 1.807) is 24.4 Å². The molecular weight excluding hydrogens is 262 g/mol. The Morgan fingerprint density at radius 3 is 3.05 bits per heavy atom. The van der Waals surface area contributed by atoms with Crippen LogP contribution in [0.2, 0.25) is 5.02 Å². The average Bonchev–Trinajstić information content (AvgIpc) is 2.43. The quantitative estimate of drug-likeness (QED) is 0.651. The Balaban J connectivity index is 2.19. The fourth-order valence-electron chi connectivity index (χ4n) is 1.73. The van der Waals surface area contributed by atoms with Crippen molar-refractivity contribution in [3.05, 3.63) is 48.1 Å². The first-order valence-electron chi connectivity index (χ1n) is 5.87. The molecule has 1 heterocycles. The van der Waals surface area contributed by atoms with Crippen molar-refractivity contribution >= 4 is 34.1 Å².